The van der Waals surface area contributed by atoms with Crippen LogP contribution in [-0.2, 0) is 4.79 Å². The van der Waals surface area contributed by atoms with Crippen LogP contribution < -0.4 is 9.47 Å². The molecule has 30 heavy (non-hydrogen) atoms. The van der Waals surface area contributed by atoms with Crippen molar-refractivity contribution in [1.82, 2.24) is 0 Å². The molecule has 0 aliphatic rings. The fraction of sp³-hybridized carbons (Fsp3) is 0.385. The number of nitrogens with zero attached hydrogens (tertiary/aromatic N) is 1. The van der Waals surface area contributed by atoms with Crippen LogP contribution in [0.5, 0.6) is 11.5 Å². The lowest BCUT2D eigenvalue weighted by Crippen LogP contribution is -2.07. The van der Waals surface area contributed by atoms with Crippen LogP contribution in [0.4, 0.5) is 0 Å². The summed E-state index contributed by atoms with van der Waals surface area (Å²) >= 11 is 0. The molecule has 0 heterocycles. The van der Waals surface area contributed by atoms with Gasteiger partial charge in [0, 0.05) is 6.42 Å². The number of unbranched alkanes of at least 4 members (excludes halogenated alkanes) is 6. The first-order chi connectivity index (χ1) is 14.7. The van der Waals surface area contributed by atoms with Gasteiger partial charge in [-0.3, -0.25) is 4.79 Å². The summed E-state index contributed by atoms with van der Waals surface area (Å²) in [6.07, 6.45) is 10.4. The van der Waals surface area contributed by atoms with Gasteiger partial charge in [0.15, 0.2) is 0 Å². The second-order valence-electron chi connectivity index (χ2n) is 7.31. The maximum Gasteiger partial charge on any atom is 0.311 e. The van der Waals surface area contributed by atoms with Crippen LogP contribution in [0.2, 0.25) is 0 Å². The summed E-state index contributed by atoms with van der Waals surface area (Å²) in [6, 6.07) is 16.8. The molecule has 4 heteroatoms. The van der Waals surface area contributed by atoms with Gasteiger partial charge < -0.3 is 9.47 Å². The summed E-state index contributed by atoms with van der Waals surface area (Å²) in [6.45, 7) is 2.21. The van der Waals surface area contributed by atoms with Gasteiger partial charge in [0.05, 0.1) is 18.8 Å². The number of allylic oxidation sites excluding steroid dienone is 1. The molecule has 0 saturated heterocycles. The monoisotopic (exact) mass is 405 g/mol. The number of ether oxygens (including phenoxy) is 2. The van der Waals surface area contributed by atoms with Gasteiger partial charge in [0.25, 0.3) is 0 Å². The van der Waals surface area contributed by atoms with Crippen LogP contribution in [0.3, 0.4) is 0 Å². The number of hydrogen-bond donors (Lipinski definition) is 0. The Kier molecular flexibility index (Phi) is 10.2. The van der Waals surface area contributed by atoms with E-state index in [-0.39, 0.29) is 5.97 Å². The van der Waals surface area contributed by atoms with Gasteiger partial charge in [-0.15, -0.1) is 0 Å². The van der Waals surface area contributed by atoms with E-state index in [0.717, 1.165) is 29.7 Å². The minimum atomic E-state index is -0.203. The average molecular weight is 406 g/mol. The maximum atomic E-state index is 12.0. The first kappa shape index (κ1) is 23.2. The Morgan fingerprint density at radius 3 is 2.10 bits per heavy atom. The van der Waals surface area contributed by atoms with Crippen LogP contribution >= 0.6 is 0 Å². The van der Waals surface area contributed by atoms with E-state index in [4.69, 9.17) is 9.47 Å². The van der Waals surface area contributed by atoms with Crippen LogP contribution in [0.1, 0.15) is 69.4 Å². The average Bonchev–Trinajstić information content (AvgIpc) is 2.78. The fourth-order valence-electron chi connectivity index (χ4n) is 3.16. The highest BCUT2D eigenvalue weighted by atomic mass is 16.5. The number of nitriles is 1. The van der Waals surface area contributed by atoms with Crippen molar-refractivity contribution in [2.75, 3.05) is 7.11 Å². The lowest BCUT2D eigenvalue weighted by molar-refractivity contribution is -0.134. The third-order valence-corrected chi connectivity index (χ3v) is 4.93. The molecule has 4 nitrogen and oxygen atoms in total. The number of carbonyl (C=O) groups excluding carboxylic acids is 1. The van der Waals surface area contributed by atoms with Gasteiger partial charge in [-0.05, 0) is 60.0 Å². The Bertz CT molecular complexity index is 845. The van der Waals surface area contributed by atoms with E-state index in [1.165, 1.54) is 32.1 Å². The summed E-state index contributed by atoms with van der Waals surface area (Å²) < 4.78 is 10.6. The van der Waals surface area contributed by atoms with Crippen LogP contribution in [0.15, 0.2) is 48.5 Å². The lowest BCUT2D eigenvalue weighted by atomic mass is 10.0. The molecule has 0 unspecified atom stereocenters. The van der Waals surface area contributed by atoms with E-state index in [0.29, 0.717) is 17.7 Å². The van der Waals surface area contributed by atoms with E-state index in [1.54, 1.807) is 31.4 Å². The van der Waals surface area contributed by atoms with Gasteiger partial charge in [0.2, 0.25) is 0 Å². The predicted molar refractivity (Wildman–Crippen MR) is 121 cm³/mol. The zero-order chi connectivity index (χ0) is 21.6. The molecule has 0 N–H and O–H groups in total. The van der Waals surface area contributed by atoms with Gasteiger partial charge in [-0.1, -0.05) is 57.6 Å². The Morgan fingerprint density at radius 2 is 1.50 bits per heavy atom. The van der Waals surface area contributed by atoms with Crippen molar-refractivity contribution in [3.63, 3.8) is 0 Å². The molecule has 0 bridgehead atoms. The summed E-state index contributed by atoms with van der Waals surface area (Å²) in [5.74, 6) is 1.08. The molecule has 0 aliphatic heterocycles. The van der Waals surface area contributed by atoms with Gasteiger partial charge in [-0.2, -0.15) is 5.26 Å². The Balaban J connectivity index is 1.85. The second-order valence-corrected chi connectivity index (χ2v) is 7.31. The highest BCUT2D eigenvalue weighted by molar-refractivity contribution is 5.89. The number of methoxy groups -OCH3 is 1. The first-order valence-corrected chi connectivity index (χ1v) is 10.7. The topological polar surface area (TPSA) is 59.3 Å². The van der Waals surface area contributed by atoms with E-state index in [1.807, 2.05) is 30.3 Å². The van der Waals surface area contributed by atoms with Crippen molar-refractivity contribution in [3.8, 4) is 17.6 Å². The van der Waals surface area contributed by atoms with Crippen LogP contribution in [-0.4, -0.2) is 13.1 Å². The fourth-order valence-corrected chi connectivity index (χ4v) is 3.16. The van der Waals surface area contributed by atoms with Crippen LogP contribution in [0, 0.1) is 11.3 Å². The molecular formula is C26H31NO3. The largest absolute Gasteiger partial charge is 0.497 e. The molecule has 0 aromatic heterocycles. The number of rotatable bonds is 12. The van der Waals surface area contributed by atoms with Crippen molar-refractivity contribution in [3.05, 3.63) is 59.7 Å². The quantitative estimate of drug-likeness (QED) is 0.128. The summed E-state index contributed by atoms with van der Waals surface area (Å²) in [7, 11) is 1.62. The van der Waals surface area contributed by atoms with E-state index < -0.39 is 0 Å². The molecule has 0 amide bonds. The third kappa shape index (κ3) is 8.13. The number of hydrogen-bond acceptors (Lipinski definition) is 4. The summed E-state index contributed by atoms with van der Waals surface area (Å²) in [4.78, 5) is 12.0. The van der Waals surface area contributed by atoms with Gasteiger partial charge >= 0.3 is 5.97 Å². The molecule has 2 rings (SSSR count). The maximum absolute atomic E-state index is 12.0. The predicted octanol–water partition coefficient (Wildman–Crippen LogP) is 6.81. The molecule has 0 spiro atoms. The molecule has 0 radical (unpaired) electrons. The minimum absolute atomic E-state index is 0.203. The summed E-state index contributed by atoms with van der Waals surface area (Å²) in [5.41, 5.74) is 2.24. The number of carbonyl (C=O) groups is 1. The molecule has 158 valence electrons. The molecule has 2 aromatic carbocycles. The van der Waals surface area contributed by atoms with E-state index in [2.05, 4.69) is 13.0 Å². The molecule has 0 aliphatic carbocycles. The smallest absolute Gasteiger partial charge is 0.311 e. The van der Waals surface area contributed by atoms with Crippen molar-refractivity contribution in [1.29, 1.82) is 5.26 Å². The van der Waals surface area contributed by atoms with Crippen molar-refractivity contribution >= 4 is 17.6 Å². The van der Waals surface area contributed by atoms with Crippen molar-refractivity contribution < 1.29 is 14.3 Å². The zero-order valence-corrected chi connectivity index (χ0v) is 18.0. The lowest BCUT2D eigenvalue weighted by Gasteiger charge is -2.06. The zero-order valence-electron chi connectivity index (χ0n) is 18.0. The van der Waals surface area contributed by atoms with Crippen molar-refractivity contribution in [2.45, 2.75) is 58.3 Å². The SMILES string of the molecule is CCCCCCCCCC(=O)Oc1ccc(/C(C#N)=C/c2ccc(OC)cc2)cc1. The third-order valence-electron chi connectivity index (χ3n) is 4.93. The van der Waals surface area contributed by atoms with Crippen LogP contribution in [0.25, 0.3) is 11.6 Å². The molecule has 0 saturated carbocycles. The molecule has 2 aromatic rings. The second kappa shape index (κ2) is 13.2. The minimum Gasteiger partial charge on any atom is -0.497 e. The molecule has 0 atom stereocenters. The summed E-state index contributed by atoms with van der Waals surface area (Å²) in [5, 5.41) is 9.52. The Hall–Kier alpha value is -3.06. The Morgan fingerprint density at radius 1 is 0.900 bits per heavy atom. The van der Waals surface area contributed by atoms with E-state index >= 15 is 0 Å². The van der Waals surface area contributed by atoms with Crippen molar-refractivity contribution in [2.24, 2.45) is 0 Å². The molecule has 0 fully saturated rings. The van der Waals surface area contributed by atoms with Gasteiger partial charge in [-0.25, -0.2) is 0 Å². The van der Waals surface area contributed by atoms with E-state index in [9.17, 15) is 10.1 Å². The molecular weight excluding hydrogens is 374 g/mol. The standard InChI is InChI=1S/C26H31NO3/c1-3-4-5-6-7-8-9-10-26(28)30-25-17-13-22(14-18-25)23(20-27)19-21-11-15-24(29-2)16-12-21/h11-19H,3-10H2,1-2H3/b23-19+. The number of benzene rings is 2. The Labute approximate surface area is 180 Å². The van der Waals surface area contributed by atoms with Gasteiger partial charge in [0.1, 0.15) is 11.5 Å². The highest BCUT2D eigenvalue weighted by Gasteiger charge is 2.07. The highest BCUT2D eigenvalue weighted by Crippen LogP contribution is 2.22. The normalized spacial score (nSPS) is 11.0. The number of esters is 1. The first-order valence-electron chi connectivity index (χ1n) is 10.7.